The molecule has 1 aliphatic rings. The largest absolute Gasteiger partial charge is 0.497 e. The molecule has 7 heteroatoms. The van der Waals surface area contributed by atoms with E-state index in [9.17, 15) is 14.4 Å². The smallest absolute Gasteiger partial charge is 0.332 e. The molecule has 1 aliphatic carbocycles. The Morgan fingerprint density at radius 3 is 2.33 bits per heavy atom. The average Bonchev–Trinajstić information content (AvgIpc) is 3.09. The maximum absolute atomic E-state index is 12.9. The van der Waals surface area contributed by atoms with Crippen LogP contribution in [0.25, 0.3) is 0 Å². The minimum Gasteiger partial charge on any atom is -0.497 e. The number of hydrogen-bond donors (Lipinski definition) is 1. The van der Waals surface area contributed by atoms with Gasteiger partial charge in [0.2, 0.25) is 11.7 Å². The summed E-state index contributed by atoms with van der Waals surface area (Å²) in [6.07, 6.45) is 4.62. The topological polar surface area (TPSA) is 86.6 Å². The number of rotatable bonds is 9. The number of carbonyl (C=O) groups is 3. The lowest BCUT2D eigenvalue weighted by Gasteiger charge is -2.35. The molecule has 33 heavy (non-hydrogen) atoms. The highest BCUT2D eigenvalue weighted by molar-refractivity contribution is 6.00. The van der Waals surface area contributed by atoms with Gasteiger partial charge in [-0.15, -0.1) is 0 Å². The SMILES string of the molecule is COc1ccc(CCn2c(C)cc(C(=O)COC(=O)C3(NC(C)=O)CCCCC3)c2C)cc1. The number of nitrogens with zero attached hydrogens (tertiary/aromatic N) is 1. The summed E-state index contributed by atoms with van der Waals surface area (Å²) >= 11 is 0. The van der Waals surface area contributed by atoms with Gasteiger partial charge in [-0.1, -0.05) is 31.4 Å². The van der Waals surface area contributed by atoms with Gasteiger partial charge < -0.3 is 19.4 Å². The monoisotopic (exact) mass is 454 g/mol. The first-order valence-corrected chi connectivity index (χ1v) is 11.5. The van der Waals surface area contributed by atoms with Crippen molar-refractivity contribution in [1.82, 2.24) is 9.88 Å². The number of aryl methyl sites for hydroxylation is 2. The highest BCUT2D eigenvalue weighted by Crippen LogP contribution is 2.29. The number of methoxy groups -OCH3 is 1. The normalized spacial score (nSPS) is 15.0. The van der Waals surface area contributed by atoms with E-state index in [1.807, 2.05) is 44.2 Å². The predicted molar refractivity (Wildman–Crippen MR) is 126 cm³/mol. The van der Waals surface area contributed by atoms with Crippen molar-refractivity contribution in [2.24, 2.45) is 0 Å². The molecule has 1 saturated carbocycles. The fourth-order valence-corrected chi connectivity index (χ4v) is 4.68. The minimum absolute atomic E-state index is 0.235. The van der Waals surface area contributed by atoms with Crippen LogP contribution in [0.3, 0.4) is 0 Å². The quantitative estimate of drug-likeness (QED) is 0.458. The van der Waals surface area contributed by atoms with Crippen LogP contribution in [0.1, 0.15) is 66.3 Å². The lowest BCUT2D eigenvalue weighted by molar-refractivity contribution is -0.154. The highest BCUT2D eigenvalue weighted by Gasteiger charge is 2.42. The summed E-state index contributed by atoms with van der Waals surface area (Å²) in [6, 6.07) is 9.80. The summed E-state index contributed by atoms with van der Waals surface area (Å²) in [5, 5.41) is 2.79. The Labute approximate surface area is 195 Å². The van der Waals surface area contributed by atoms with Gasteiger partial charge in [0, 0.05) is 30.4 Å². The first-order valence-electron chi connectivity index (χ1n) is 11.5. The number of hydrogen-bond acceptors (Lipinski definition) is 5. The van der Waals surface area contributed by atoms with Crippen LogP contribution in [0, 0.1) is 13.8 Å². The van der Waals surface area contributed by atoms with Gasteiger partial charge in [-0.25, -0.2) is 4.79 Å². The van der Waals surface area contributed by atoms with Crippen LogP contribution in [0.4, 0.5) is 0 Å². The highest BCUT2D eigenvalue weighted by atomic mass is 16.5. The molecule has 0 atom stereocenters. The van der Waals surface area contributed by atoms with Gasteiger partial charge in [-0.05, 0) is 56.9 Å². The van der Waals surface area contributed by atoms with Crippen LogP contribution in [-0.2, 0) is 27.3 Å². The zero-order valence-corrected chi connectivity index (χ0v) is 20.0. The Bertz CT molecular complexity index is 1000. The number of ether oxygens (including phenoxy) is 2. The molecule has 2 aromatic rings. The zero-order chi connectivity index (χ0) is 24.0. The van der Waals surface area contributed by atoms with Crippen LogP contribution < -0.4 is 10.1 Å². The molecule has 1 fully saturated rings. The molecule has 3 rings (SSSR count). The third-order valence-electron chi connectivity index (χ3n) is 6.50. The Kier molecular flexibility index (Phi) is 7.95. The number of amides is 1. The van der Waals surface area contributed by atoms with E-state index < -0.39 is 11.5 Å². The molecular weight excluding hydrogens is 420 g/mol. The Balaban J connectivity index is 1.64. The number of Topliss-reactive ketones (excluding diaryl/α,β-unsaturated/α-hetero) is 1. The van der Waals surface area contributed by atoms with Gasteiger partial charge in [-0.2, -0.15) is 0 Å². The van der Waals surface area contributed by atoms with E-state index in [-0.39, 0.29) is 18.3 Å². The fourth-order valence-electron chi connectivity index (χ4n) is 4.68. The van der Waals surface area contributed by atoms with Crippen LogP contribution in [-0.4, -0.2) is 41.5 Å². The van der Waals surface area contributed by atoms with Gasteiger partial charge in [0.1, 0.15) is 11.3 Å². The number of nitrogens with one attached hydrogen (secondary N) is 1. The minimum atomic E-state index is -1.01. The summed E-state index contributed by atoms with van der Waals surface area (Å²) in [5.74, 6) is -0.191. The summed E-state index contributed by atoms with van der Waals surface area (Å²) < 4.78 is 12.7. The van der Waals surface area contributed by atoms with E-state index in [1.165, 1.54) is 12.5 Å². The third-order valence-corrected chi connectivity index (χ3v) is 6.50. The predicted octanol–water partition coefficient (Wildman–Crippen LogP) is 3.92. The summed E-state index contributed by atoms with van der Waals surface area (Å²) in [5.41, 5.74) is 2.57. The zero-order valence-electron chi connectivity index (χ0n) is 20.0. The van der Waals surface area contributed by atoms with Crippen LogP contribution >= 0.6 is 0 Å². The van der Waals surface area contributed by atoms with E-state index in [0.717, 1.165) is 49.4 Å². The first-order chi connectivity index (χ1) is 15.8. The second kappa shape index (κ2) is 10.7. The molecule has 178 valence electrons. The second-order valence-corrected chi connectivity index (χ2v) is 8.86. The van der Waals surface area contributed by atoms with Crippen molar-refractivity contribution in [2.45, 2.75) is 71.4 Å². The van der Waals surface area contributed by atoms with E-state index >= 15 is 0 Å². The van der Waals surface area contributed by atoms with E-state index in [0.29, 0.717) is 18.4 Å². The number of carbonyl (C=O) groups excluding carboxylic acids is 3. The molecule has 1 heterocycles. The standard InChI is InChI=1S/C26H34N2O5/c1-18-16-23(19(2)28(18)15-12-21-8-10-22(32-4)11-9-21)24(30)17-33-25(31)26(27-20(3)29)13-6-5-7-14-26/h8-11,16H,5-7,12-15,17H2,1-4H3,(H,27,29). The molecule has 0 aliphatic heterocycles. The molecule has 0 bridgehead atoms. The van der Waals surface area contributed by atoms with Crippen molar-refractivity contribution in [3.05, 3.63) is 52.8 Å². The molecule has 0 unspecified atom stereocenters. The molecule has 1 amide bonds. The van der Waals surface area contributed by atoms with Crippen molar-refractivity contribution < 1.29 is 23.9 Å². The maximum atomic E-state index is 12.9. The summed E-state index contributed by atoms with van der Waals surface area (Å²) in [6.45, 7) is 5.69. The number of benzene rings is 1. The molecule has 0 saturated heterocycles. The number of esters is 1. The van der Waals surface area contributed by atoms with E-state index in [2.05, 4.69) is 9.88 Å². The van der Waals surface area contributed by atoms with E-state index in [4.69, 9.17) is 9.47 Å². The van der Waals surface area contributed by atoms with Gasteiger partial charge in [0.15, 0.2) is 6.61 Å². The van der Waals surface area contributed by atoms with Crippen molar-refractivity contribution in [3.63, 3.8) is 0 Å². The molecule has 0 radical (unpaired) electrons. The fraction of sp³-hybridized carbons (Fsp3) is 0.500. The van der Waals surface area contributed by atoms with Crippen molar-refractivity contribution in [2.75, 3.05) is 13.7 Å². The summed E-state index contributed by atoms with van der Waals surface area (Å²) in [4.78, 5) is 37.4. The third kappa shape index (κ3) is 5.83. The molecule has 0 spiro atoms. The van der Waals surface area contributed by atoms with Gasteiger partial charge in [0.05, 0.1) is 7.11 Å². The molecule has 7 nitrogen and oxygen atoms in total. The van der Waals surface area contributed by atoms with Crippen LogP contribution in [0.2, 0.25) is 0 Å². The summed E-state index contributed by atoms with van der Waals surface area (Å²) in [7, 11) is 1.65. The molecule has 1 aromatic heterocycles. The molecular formula is C26H34N2O5. The molecule has 1 aromatic carbocycles. The maximum Gasteiger partial charge on any atom is 0.332 e. The Hall–Kier alpha value is -3.09. The average molecular weight is 455 g/mol. The Morgan fingerprint density at radius 2 is 1.73 bits per heavy atom. The number of ketones is 1. The van der Waals surface area contributed by atoms with Gasteiger partial charge >= 0.3 is 5.97 Å². The molecule has 1 N–H and O–H groups in total. The van der Waals surface area contributed by atoms with Crippen LogP contribution in [0.15, 0.2) is 30.3 Å². The van der Waals surface area contributed by atoms with Crippen molar-refractivity contribution in [1.29, 1.82) is 0 Å². The van der Waals surface area contributed by atoms with Gasteiger partial charge in [-0.3, -0.25) is 9.59 Å². The first kappa shape index (κ1) is 24.6. The van der Waals surface area contributed by atoms with Crippen molar-refractivity contribution >= 4 is 17.7 Å². The lowest BCUT2D eigenvalue weighted by atomic mass is 9.81. The number of aromatic nitrogens is 1. The van der Waals surface area contributed by atoms with Crippen LogP contribution in [0.5, 0.6) is 5.75 Å². The van der Waals surface area contributed by atoms with E-state index in [1.54, 1.807) is 7.11 Å². The van der Waals surface area contributed by atoms with Gasteiger partial charge in [0.25, 0.3) is 0 Å². The second-order valence-electron chi connectivity index (χ2n) is 8.86. The Morgan fingerprint density at radius 1 is 1.06 bits per heavy atom. The lowest BCUT2D eigenvalue weighted by Crippen LogP contribution is -2.56. The van der Waals surface area contributed by atoms with Crippen molar-refractivity contribution in [3.8, 4) is 5.75 Å².